The lowest BCUT2D eigenvalue weighted by atomic mass is 9.95. The first kappa shape index (κ1) is 10.2. The number of hydrogen-bond donors (Lipinski definition) is 1. The van der Waals surface area contributed by atoms with E-state index in [4.69, 9.17) is 5.73 Å². The van der Waals surface area contributed by atoms with E-state index in [-0.39, 0.29) is 0 Å². The van der Waals surface area contributed by atoms with E-state index in [0.717, 1.165) is 12.6 Å². The highest BCUT2D eigenvalue weighted by atomic mass is 15.2. The van der Waals surface area contributed by atoms with E-state index in [2.05, 4.69) is 30.0 Å². The van der Waals surface area contributed by atoms with Crippen molar-refractivity contribution in [1.29, 1.82) is 0 Å². The van der Waals surface area contributed by atoms with Crippen molar-refractivity contribution < 1.29 is 0 Å². The third-order valence-corrected chi connectivity index (χ3v) is 4.15. The van der Waals surface area contributed by atoms with Gasteiger partial charge in [0.2, 0.25) is 0 Å². The molecule has 0 aliphatic carbocycles. The maximum Gasteiger partial charge on any atom is 0.0416 e. The molecule has 86 valence electrons. The molecule has 1 aromatic carbocycles. The van der Waals surface area contributed by atoms with Crippen molar-refractivity contribution in [2.75, 3.05) is 11.4 Å². The third-order valence-electron chi connectivity index (χ3n) is 4.15. The Labute approximate surface area is 97.4 Å². The summed E-state index contributed by atoms with van der Waals surface area (Å²) in [5, 5.41) is 0. The molecule has 3 rings (SSSR count). The highest BCUT2D eigenvalue weighted by molar-refractivity contribution is 5.59. The molecule has 2 unspecified atom stereocenters. The van der Waals surface area contributed by atoms with Crippen molar-refractivity contribution in [3.63, 3.8) is 0 Å². The number of fused-ring (bicyclic) bond motifs is 3. The van der Waals surface area contributed by atoms with Gasteiger partial charge in [-0.1, -0.05) is 17.7 Å². The Morgan fingerprint density at radius 3 is 3.00 bits per heavy atom. The maximum absolute atomic E-state index is 5.89. The summed E-state index contributed by atoms with van der Waals surface area (Å²) < 4.78 is 0. The average Bonchev–Trinajstić information content (AvgIpc) is 2.71. The summed E-state index contributed by atoms with van der Waals surface area (Å²) in [6, 6.07) is 8.20. The molecular formula is C14H20N2. The van der Waals surface area contributed by atoms with Crippen LogP contribution in [0.2, 0.25) is 0 Å². The van der Waals surface area contributed by atoms with Crippen LogP contribution >= 0.6 is 0 Å². The lowest BCUT2D eigenvalue weighted by Gasteiger charge is -2.37. The molecule has 2 nitrogen and oxygen atoms in total. The van der Waals surface area contributed by atoms with E-state index in [9.17, 15) is 0 Å². The first-order valence-electron chi connectivity index (χ1n) is 6.37. The van der Waals surface area contributed by atoms with Crippen molar-refractivity contribution in [3.05, 3.63) is 29.3 Å². The maximum atomic E-state index is 5.89. The Hall–Kier alpha value is -1.02. The number of hydrogen-bond acceptors (Lipinski definition) is 2. The molecular weight excluding hydrogens is 196 g/mol. The minimum Gasteiger partial charge on any atom is -0.364 e. The predicted molar refractivity (Wildman–Crippen MR) is 67.8 cm³/mol. The second-order valence-corrected chi connectivity index (χ2v) is 5.20. The molecule has 2 atom stereocenters. The molecule has 0 radical (unpaired) electrons. The van der Waals surface area contributed by atoms with E-state index < -0.39 is 0 Å². The number of aryl methyl sites for hydroxylation is 2. The molecule has 16 heavy (non-hydrogen) atoms. The molecule has 2 heterocycles. The first-order chi connectivity index (χ1) is 7.79. The van der Waals surface area contributed by atoms with Crippen LogP contribution in [0.15, 0.2) is 18.2 Å². The minimum absolute atomic E-state index is 0.576. The van der Waals surface area contributed by atoms with Crippen LogP contribution in [0.25, 0.3) is 0 Å². The highest BCUT2D eigenvalue weighted by Crippen LogP contribution is 2.39. The second-order valence-electron chi connectivity index (χ2n) is 5.20. The molecule has 0 amide bonds. The standard InChI is InChI=1S/C14H20N2/c1-10-2-7-14-11(8-10)3-4-12-5-6-13(9-15)16(12)14/h2,7-8,12-13H,3-6,9,15H2,1H3. The van der Waals surface area contributed by atoms with E-state index in [1.165, 1.54) is 42.5 Å². The van der Waals surface area contributed by atoms with Crippen LogP contribution in [-0.2, 0) is 6.42 Å². The number of nitrogens with zero attached hydrogens (tertiary/aromatic N) is 1. The number of nitrogens with two attached hydrogens (primary N) is 1. The van der Waals surface area contributed by atoms with Gasteiger partial charge in [0.05, 0.1) is 0 Å². The van der Waals surface area contributed by atoms with Crippen LogP contribution < -0.4 is 10.6 Å². The molecule has 2 aliphatic rings. The van der Waals surface area contributed by atoms with E-state index in [1.54, 1.807) is 0 Å². The molecule has 0 bridgehead atoms. The number of anilines is 1. The van der Waals surface area contributed by atoms with E-state index >= 15 is 0 Å². The lowest BCUT2D eigenvalue weighted by Crippen LogP contribution is -2.43. The summed E-state index contributed by atoms with van der Waals surface area (Å²) in [5.41, 5.74) is 10.2. The summed E-state index contributed by atoms with van der Waals surface area (Å²) in [5.74, 6) is 0. The quantitative estimate of drug-likeness (QED) is 0.780. The summed E-state index contributed by atoms with van der Waals surface area (Å²) in [6.45, 7) is 2.97. The van der Waals surface area contributed by atoms with E-state index in [1.807, 2.05) is 0 Å². The van der Waals surface area contributed by atoms with Gasteiger partial charge < -0.3 is 10.6 Å². The van der Waals surface area contributed by atoms with Gasteiger partial charge in [0.15, 0.2) is 0 Å². The SMILES string of the molecule is Cc1ccc2c(c1)CCC1CCC(CN)N21. The van der Waals surface area contributed by atoms with Gasteiger partial charge in [0, 0.05) is 24.3 Å². The zero-order valence-corrected chi connectivity index (χ0v) is 9.95. The van der Waals surface area contributed by atoms with Gasteiger partial charge in [-0.15, -0.1) is 0 Å². The molecule has 0 aromatic heterocycles. The Morgan fingerprint density at radius 2 is 2.19 bits per heavy atom. The Kier molecular flexibility index (Phi) is 2.40. The highest BCUT2D eigenvalue weighted by Gasteiger charge is 2.36. The van der Waals surface area contributed by atoms with Gasteiger partial charge in [-0.3, -0.25) is 0 Å². The summed E-state index contributed by atoms with van der Waals surface area (Å²) >= 11 is 0. The molecule has 2 heteroatoms. The largest absolute Gasteiger partial charge is 0.364 e. The van der Waals surface area contributed by atoms with Crippen molar-refractivity contribution in [3.8, 4) is 0 Å². The Bertz CT molecular complexity index is 400. The minimum atomic E-state index is 0.576. The topological polar surface area (TPSA) is 29.3 Å². The van der Waals surface area contributed by atoms with Crippen molar-refractivity contribution in [2.45, 2.75) is 44.7 Å². The molecule has 0 spiro atoms. The number of rotatable bonds is 1. The predicted octanol–water partition coefficient (Wildman–Crippen LogP) is 2.24. The fourth-order valence-corrected chi connectivity index (χ4v) is 3.36. The van der Waals surface area contributed by atoms with Crippen molar-refractivity contribution in [1.82, 2.24) is 0 Å². The summed E-state index contributed by atoms with van der Waals surface area (Å²) in [6.07, 6.45) is 5.16. The average molecular weight is 216 g/mol. The van der Waals surface area contributed by atoms with E-state index in [0.29, 0.717) is 6.04 Å². The smallest absolute Gasteiger partial charge is 0.0416 e. The van der Waals surface area contributed by atoms with Crippen LogP contribution in [-0.4, -0.2) is 18.6 Å². The summed E-state index contributed by atoms with van der Waals surface area (Å²) in [7, 11) is 0. The monoisotopic (exact) mass is 216 g/mol. The second kappa shape index (κ2) is 3.77. The zero-order chi connectivity index (χ0) is 11.1. The third kappa shape index (κ3) is 1.44. The molecule has 1 fully saturated rings. The van der Waals surface area contributed by atoms with Crippen LogP contribution in [0.4, 0.5) is 5.69 Å². The van der Waals surface area contributed by atoms with Gasteiger partial charge in [0.25, 0.3) is 0 Å². The first-order valence-corrected chi connectivity index (χ1v) is 6.37. The molecule has 0 saturated carbocycles. The van der Waals surface area contributed by atoms with Crippen LogP contribution in [0.5, 0.6) is 0 Å². The number of benzene rings is 1. The van der Waals surface area contributed by atoms with Gasteiger partial charge in [-0.25, -0.2) is 0 Å². The molecule has 1 aromatic rings. The summed E-state index contributed by atoms with van der Waals surface area (Å²) in [4.78, 5) is 2.60. The van der Waals surface area contributed by atoms with Gasteiger partial charge in [-0.05, 0) is 44.2 Å². The van der Waals surface area contributed by atoms with Crippen LogP contribution in [0.1, 0.15) is 30.4 Å². The van der Waals surface area contributed by atoms with Gasteiger partial charge in [-0.2, -0.15) is 0 Å². The van der Waals surface area contributed by atoms with Crippen LogP contribution in [0, 0.1) is 6.92 Å². The molecule has 2 aliphatic heterocycles. The Morgan fingerprint density at radius 1 is 1.31 bits per heavy atom. The Balaban J connectivity index is 2.02. The fourth-order valence-electron chi connectivity index (χ4n) is 3.36. The molecule has 1 saturated heterocycles. The zero-order valence-electron chi connectivity index (χ0n) is 9.95. The molecule has 2 N–H and O–H groups in total. The van der Waals surface area contributed by atoms with Gasteiger partial charge in [0.1, 0.15) is 0 Å². The van der Waals surface area contributed by atoms with Gasteiger partial charge >= 0.3 is 0 Å². The fraction of sp³-hybridized carbons (Fsp3) is 0.571. The van der Waals surface area contributed by atoms with Crippen LogP contribution in [0.3, 0.4) is 0 Å². The van der Waals surface area contributed by atoms with Crippen molar-refractivity contribution in [2.24, 2.45) is 5.73 Å². The normalized spacial score (nSPS) is 27.8. The van der Waals surface area contributed by atoms with Crippen molar-refractivity contribution >= 4 is 5.69 Å². The lowest BCUT2D eigenvalue weighted by molar-refractivity contribution is 0.562.